The quantitative estimate of drug-likeness (QED) is 0.941. The van der Waals surface area contributed by atoms with Crippen molar-refractivity contribution in [3.8, 4) is 11.5 Å². The van der Waals surface area contributed by atoms with Crippen molar-refractivity contribution in [3.05, 3.63) is 58.4 Å². The van der Waals surface area contributed by atoms with Crippen LogP contribution in [0.4, 0.5) is 4.39 Å². The summed E-state index contributed by atoms with van der Waals surface area (Å²) in [6.45, 7) is 0.494. The lowest BCUT2D eigenvalue weighted by Gasteiger charge is -2.07. The molecular formula is C16H13ClFNO3. The van der Waals surface area contributed by atoms with Gasteiger partial charge in [0.05, 0.1) is 5.02 Å². The average molecular weight is 322 g/mol. The molecule has 2 aromatic carbocycles. The predicted octanol–water partition coefficient (Wildman–Crippen LogP) is 3.18. The van der Waals surface area contributed by atoms with Gasteiger partial charge >= 0.3 is 0 Å². The molecule has 0 unspecified atom stereocenters. The molecular weight excluding hydrogens is 309 g/mol. The van der Waals surface area contributed by atoms with Gasteiger partial charge in [0.2, 0.25) is 6.79 Å². The third kappa shape index (κ3) is 3.14. The first-order valence-corrected chi connectivity index (χ1v) is 7.13. The van der Waals surface area contributed by atoms with Gasteiger partial charge in [-0.05, 0) is 36.2 Å². The lowest BCUT2D eigenvalue weighted by atomic mass is 10.1. The molecule has 0 aliphatic carbocycles. The second kappa shape index (κ2) is 6.23. The maximum Gasteiger partial charge on any atom is 0.251 e. The molecule has 0 saturated heterocycles. The van der Waals surface area contributed by atoms with Gasteiger partial charge in [-0.25, -0.2) is 4.39 Å². The lowest BCUT2D eigenvalue weighted by Crippen LogP contribution is -2.25. The number of hydrogen-bond acceptors (Lipinski definition) is 3. The first kappa shape index (κ1) is 14.7. The monoisotopic (exact) mass is 321 g/mol. The van der Waals surface area contributed by atoms with Gasteiger partial charge in [0, 0.05) is 12.1 Å². The molecule has 0 bridgehead atoms. The van der Waals surface area contributed by atoms with Gasteiger partial charge in [-0.2, -0.15) is 0 Å². The summed E-state index contributed by atoms with van der Waals surface area (Å²) >= 11 is 6.04. The molecule has 0 atom stereocenters. The molecule has 6 heteroatoms. The number of carbonyl (C=O) groups is 1. The Kier molecular flexibility index (Phi) is 4.15. The van der Waals surface area contributed by atoms with Gasteiger partial charge in [-0.1, -0.05) is 23.7 Å². The highest BCUT2D eigenvalue weighted by Crippen LogP contribution is 2.39. The Balaban J connectivity index is 1.62. The lowest BCUT2D eigenvalue weighted by molar-refractivity contribution is 0.0953. The Hall–Kier alpha value is -2.27. The van der Waals surface area contributed by atoms with Gasteiger partial charge in [0.15, 0.2) is 11.5 Å². The maximum atomic E-state index is 13.1. The molecule has 1 aliphatic heterocycles. The fraction of sp³-hybridized carbons (Fsp3) is 0.188. The fourth-order valence-corrected chi connectivity index (χ4v) is 2.48. The minimum atomic E-state index is -0.286. The smallest absolute Gasteiger partial charge is 0.251 e. The molecule has 0 fully saturated rings. The number of carbonyl (C=O) groups excluding carboxylic acids is 1. The summed E-state index contributed by atoms with van der Waals surface area (Å²) in [5, 5.41) is 3.11. The Morgan fingerprint density at radius 2 is 2.14 bits per heavy atom. The third-order valence-electron chi connectivity index (χ3n) is 3.28. The van der Waals surface area contributed by atoms with Crippen LogP contribution in [0.2, 0.25) is 5.02 Å². The van der Waals surface area contributed by atoms with E-state index in [0.717, 1.165) is 5.56 Å². The molecule has 0 radical (unpaired) electrons. The standard InChI is InChI=1S/C16H13ClFNO3/c17-13-7-11(8-14-15(13)22-9-21-14)16(20)19-5-4-10-2-1-3-12(18)6-10/h1-3,6-8H,4-5,9H2,(H,19,20). The summed E-state index contributed by atoms with van der Waals surface area (Å²) in [4.78, 5) is 12.1. The molecule has 22 heavy (non-hydrogen) atoms. The minimum absolute atomic E-state index is 0.0969. The van der Waals surface area contributed by atoms with Crippen molar-refractivity contribution in [2.24, 2.45) is 0 Å². The SMILES string of the molecule is O=C(NCCc1cccc(F)c1)c1cc(Cl)c2c(c1)OCO2. The van der Waals surface area contributed by atoms with E-state index in [0.29, 0.717) is 35.1 Å². The highest BCUT2D eigenvalue weighted by molar-refractivity contribution is 6.32. The van der Waals surface area contributed by atoms with Crippen molar-refractivity contribution in [1.82, 2.24) is 5.32 Å². The van der Waals surface area contributed by atoms with Crippen LogP contribution in [0.25, 0.3) is 0 Å². The zero-order valence-corrected chi connectivity index (χ0v) is 12.3. The van der Waals surface area contributed by atoms with Crippen molar-refractivity contribution in [2.75, 3.05) is 13.3 Å². The number of nitrogens with one attached hydrogen (secondary N) is 1. The van der Waals surface area contributed by atoms with Crippen molar-refractivity contribution in [3.63, 3.8) is 0 Å². The first-order valence-electron chi connectivity index (χ1n) is 6.75. The van der Waals surface area contributed by atoms with Gasteiger partial charge in [0.25, 0.3) is 5.91 Å². The molecule has 1 aliphatic rings. The zero-order chi connectivity index (χ0) is 15.5. The van der Waals surface area contributed by atoms with E-state index in [9.17, 15) is 9.18 Å². The molecule has 1 N–H and O–H groups in total. The fourth-order valence-electron chi connectivity index (χ4n) is 2.21. The van der Waals surface area contributed by atoms with Crippen molar-refractivity contribution >= 4 is 17.5 Å². The number of halogens is 2. The Morgan fingerprint density at radius 3 is 2.95 bits per heavy atom. The zero-order valence-electron chi connectivity index (χ0n) is 11.6. The Bertz CT molecular complexity index is 721. The molecule has 0 aromatic heterocycles. The largest absolute Gasteiger partial charge is 0.454 e. The molecule has 3 rings (SSSR count). The van der Waals surface area contributed by atoms with E-state index in [2.05, 4.69) is 5.32 Å². The van der Waals surface area contributed by atoms with Crippen molar-refractivity contribution in [2.45, 2.75) is 6.42 Å². The molecule has 1 heterocycles. The van der Waals surface area contributed by atoms with Crippen molar-refractivity contribution < 1.29 is 18.7 Å². The maximum absolute atomic E-state index is 13.1. The molecule has 114 valence electrons. The topological polar surface area (TPSA) is 47.6 Å². The van der Waals surface area contributed by atoms with Gasteiger partial charge < -0.3 is 14.8 Å². The van der Waals surface area contributed by atoms with E-state index in [-0.39, 0.29) is 18.5 Å². The van der Waals surface area contributed by atoms with Crippen LogP contribution in [0.15, 0.2) is 36.4 Å². The molecule has 2 aromatic rings. The normalized spacial score (nSPS) is 12.3. The molecule has 0 spiro atoms. The molecule has 1 amide bonds. The predicted molar refractivity (Wildman–Crippen MR) is 80.0 cm³/mol. The summed E-state index contributed by atoms with van der Waals surface area (Å²) in [6.07, 6.45) is 0.543. The van der Waals surface area contributed by atoms with E-state index >= 15 is 0 Å². The second-order valence-electron chi connectivity index (χ2n) is 4.83. The van der Waals surface area contributed by atoms with Crippen LogP contribution in [0, 0.1) is 5.82 Å². The number of ether oxygens (including phenoxy) is 2. The summed E-state index contributed by atoms with van der Waals surface area (Å²) in [7, 11) is 0. The first-order chi connectivity index (χ1) is 10.6. The number of amides is 1. The van der Waals surface area contributed by atoms with Crippen LogP contribution < -0.4 is 14.8 Å². The van der Waals surface area contributed by atoms with Crippen LogP contribution in [0.5, 0.6) is 11.5 Å². The Morgan fingerprint density at radius 1 is 1.27 bits per heavy atom. The van der Waals surface area contributed by atoms with Gasteiger partial charge in [-0.15, -0.1) is 0 Å². The highest BCUT2D eigenvalue weighted by Gasteiger charge is 2.20. The number of rotatable bonds is 4. The number of hydrogen-bond donors (Lipinski definition) is 1. The number of benzene rings is 2. The van der Waals surface area contributed by atoms with Gasteiger partial charge in [-0.3, -0.25) is 4.79 Å². The van der Waals surface area contributed by atoms with Gasteiger partial charge in [0.1, 0.15) is 5.82 Å². The summed E-state index contributed by atoms with van der Waals surface area (Å²) in [5.41, 5.74) is 1.22. The second-order valence-corrected chi connectivity index (χ2v) is 5.23. The van der Waals surface area contributed by atoms with Crippen LogP contribution >= 0.6 is 11.6 Å². The molecule has 4 nitrogen and oxygen atoms in total. The average Bonchev–Trinajstić information content (AvgIpc) is 2.96. The summed E-state index contributed by atoms with van der Waals surface area (Å²) < 4.78 is 23.5. The molecule has 0 saturated carbocycles. The Labute approximate surface area is 131 Å². The van der Waals surface area contributed by atoms with Crippen LogP contribution in [0.1, 0.15) is 15.9 Å². The minimum Gasteiger partial charge on any atom is -0.454 e. The van der Waals surface area contributed by atoms with Crippen LogP contribution in [-0.4, -0.2) is 19.2 Å². The highest BCUT2D eigenvalue weighted by atomic mass is 35.5. The third-order valence-corrected chi connectivity index (χ3v) is 3.56. The number of fused-ring (bicyclic) bond motifs is 1. The summed E-state index contributed by atoms with van der Waals surface area (Å²) in [6, 6.07) is 9.41. The van der Waals surface area contributed by atoms with E-state index < -0.39 is 0 Å². The van der Waals surface area contributed by atoms with Crippen LogP contribution in [-0.2, 0) is 6.42 Å². The van der Waals surface area contributed by atoms with E-state index in [1.807, 2.05) is 6.07 Å². The summed E-state index contributed by atoms with van der Waals surface area (Å²) in [5.74, 6) is 0.365. The van der Waals surface area contributed by atoms with E-state index in [4.69, 9.17) is 21.1 Å². The van der Waals surface area contributed by atoms with E-state index in [1.54, 1.807) is 12.1 Å². The van der Waals surface area contributed by atoms with Crippen molar-refractivity contribution in [1.29, 1.82) is 0 Å². The van der Waals surface area contributed by atoms with Crippen LogP contribution in [0.3, 0.4) is 0 Å². The van der Waals surface area contributed by atoms with E-state index in [1.165, 1.54) is 18.2 Å².